The molecule has 0 aliphatic heterocycles. The van der Waals surface area contributed by atoms with Crippen molar-refractivity contribution in [2.45, 2.75) is 19.3 Å². The lowest BCUT2D eigenvalue weighted by molar-refractivity contribution is -0.120. The second-order valence-electron chi connectivity index (χ2n) is 5.79. The van der Waals surface area contributed by atoms with Crippen molar-refractivity contribution in [1.29, 1.82) is 0 Å². The molecule has 0 saturated carbocycles. The summed E-state index contributed by atoms with van der Waals surface area (Å²) in [5.74, 6) is 0.411. The molecule has 122 valence electrons. The first-order valence-electron chi connectivity index (χ1n) is 7.93. The van der Waals surface area contributed by atoms with E-state index < -0.39 is 0 Å². The summed E-state index contributed by atoms with van der Waals surface area (Å²) in [6, 6.07) is 9.53. The molecule has 0 saturated heterocycles. The first kappa shape index (κ1) is 15.1. The molecule has 4 rings (SSSR count). The van der Waals surface area contributed by atoms with Crippen LogP contribution in [0.1, 0.15) is 16.9 Å². The number of aromatic nitrogens is 2. The Bertz CT molecular complexity index is 892. The van der Waals surface area contributed by atoms with Crippen molar-refractivity contribution in [2.24, 2.45) is 0 Å². The van der Waals surface area contributed by atoms with Crippen LogP contribution in [0.15, 0.2) is 36.7 Å². The van der Waals surface area contributed by atoms with Gasteiger partial charge in [0.1, 0.15) is 11.2 Å². The summed E-state index contributed by atoms with van der Waals surface area (Å²) in [6.07, 6.45) is 4.82. The van der Waals surface area contributed by atoms with Crippen LogP contribution < -0.4 is 9.64 Å². The van der Waals surface area contributed by atoms with Crippen LogP contribution in [-0.4, -0.2) is 29.5 Å². The highest BCUT2D eigenvalue weighted by Gasteiger charge is 2.22. The summed E-state index contributed by atoms with van der Waals surface area (Å²) in [7, 11) is 1.75. The van der Waals surface area contributed by atoms with Gasteiger partial charge in [0.15, 0.2) is 6.61 Å². The summed E-state index contributed by atoms with van der Waals surface area (Å²) in [5.41, 5.74) is 2.14. The molecule has 3 aromatic rings. The molecule has 24 heavy (non-hydrogen) atoms. The third-order valence-corrected chi connectivity index (χ3v) is 5.52. The largest absolute Gasteiger partial charge is 0.467 e. The molecule has 1 aliphatic rings. The number of carbonyl (C=O) groups excluding carboxylic acids is 1. The lowest BCUT2D eigenvalue weighted by Gasteiger charge is -2.17. The molecule has 1 amide bonds. The number of hydrogen-bond donors (Lipinski definition) is 0. The van der Waals surface area contributed by atoms with Crippen LogP contribution in [0.5, 0.6) is 5.88 Å². The van der Waals surface area contributed by atoms with E-state index in [4.69, 9.17) is 4.74 Å². The minimum absolute atomic E-state index is 0.0396. The van der Waals surface area contributed by atoms with E-state index in [1.807, 2.05) is 30.3 Å². The lowest BCUT2D eigenvalue weighted by atomic mass is 10.2. The van der Waals surface area contributed by atoms with Crippen molar-refractivity contribution in [2.75, 3.05) is 18.6 Å². The van der Waals surface area contributed by atoms with Crippen molar-refractivity contribution in [3.05, 3.63) is 47.1 Å². The molecule has 6 heteroatoms. The van der Waals surface area contributed by atoms with E-state index >= 15 is 0 Å². The maximum Gasteiger partial charge on any atom is 0.264 e. The molecule has 5 nitrogen and oxygen atoms in total. The Morgan fingerprint density at radius 1 is 1.25 bits per heavy atom. The van der Waals surface area contributed by atoms with Gasteiger partial charge in [-0.15, -0.1) is 11.3 Å². The van der Waals surface area contributed by atoms with Gasteiger partial charge in [0.05, 0.1) is 5.39 Å². The third-order valence-electron chi connectivity index (χ3n) is 4.32. The summed E-state index contributed by atoms with van der Waals surface area (Å²) in [6.45, 7) is -0.0396. The zero-order valence-electron chi connectivity index (χ0n) is 13.4. The zero-order valence-corrected chi connectivity index (χ0v) is 14.2. The average Bonchev–Trinajstić information content (AvgIpc) is 3.20. The molecule has 0 spiro atoms. The third kappa shape index (κ3) is 2.63. The number of nitrogens with zero attached hydrogens (tertiary/aromatic N) is 3. The van der Waals surface area contributed by atoms with E-state index in [-0.39, 0.29) is 12.5 Å². The Kier molecular flexibility index (Phi) is 3.90. The summed E-state index contributed by atoms with van der Waals surface area (Å²) < 4.78 is 5.77. The number of carbonyl (C=O) groups is 1. The fraction of sp³-hybridized carbons (Fsp3) is 0.278. The van der Waals surface area contributed by atoms with Gasteiger partial charge in [-0.05, 0) is 37.0 Å². The number of rotatable bonds is 4. The van der Waals surface area contributed by atoms with Crippen molar-refractivity contribution in [3.63, 3.8) is 0 Å². The Labute approximate surface area is 143 Å². The normalized spacial score (nSPS) is 13.0. The summed E-state index contributed by atoms with van der Waals surface area (Å²) in [5, 5.41) is 0.991. The number of likely N-dealkylation sites (N-methyl/N-ethyl adjacent to an activating group) is 1. The maximum absolute atomic E-state index is 12.4. The van der Waals surface area contributed by atoms with Gasteiger partial charge in [0.2, 0.25) is 5.88 Å². The van der Waals surface area contributed by atoms with Gasteiger partial charge in [-0.1, -0.05) is 18.2 Å². The number of thiophene rings is 1. The number of ether oxygens (including phenoxy) is 1. The molecule has 0 N–H and O–H groups in total. The molecule has 0 atom stereocenters. The van der Waals surface area contributed by atoms with Crippen molar-refractivity contribution >= 4 is 33.1 Å². The fourth-order valence-electron chi connectivity index (χ4n) is 3.03. The predicted molar refractivity (Wildman–Crippen MR) is 94.8 cm³/mol. The topological polar surface area (TPSA) is 55.3 Å². The van der Waals surface area contributed by atoms with E-state index in [0.717, 1.165) is 28.7 Å². The predicted octanol–water partition coefficient (Wildman–Crippen LogP) is 3.22. The van der Waals surface area contributed by atoms with Crippen LogP contribution in [0.25, 0.3) is 10.2 Å². The van der Waals surface area contributed by atoms with E-state index in [2.05, 4.69) is 9.97 Å². The molecular formula is C18H17N3O2S. The van der Waals surface area contributed by atoms with Crippen LogP contribution in [-0.2, 0) is 17.6 Å². The Balaban J connectivity index is 1.54. The highest BCUT2D eigenvalue weighted by Crippen LogP contribution is 2.39. The number of benzene rings is 1. The van der Waals surface area contributed by atoms with Crippen molar-refractivity contribution < 1.29 is 9.53 Å². The number of anilines is 1. The van der Waals surface area contributed by atoms with Crippen LogP contribution in [0.2, 0.25) is 0 Å². The van der Waals surface area contributed by atoms with Gasteiger partial charge in [-0.2, -0.15) is 0 Å². The van der Waals surface area contributed by atoms with Gasteiger partial charge < -0.3 is 9.64 Å². The molecule has 0 radical (unpaired) electrons. The Morgan fingerprint density at radius 3 is 2.92 bits per heavy atom. The lowest BCUT2D eigenvalue weighted by Crippen LogP contribution is -2.31. The van der Waals surface area contributed by atoms with Crippen LogP contribution >= 0.6 is 11.3 Å². The number of amides is 1. The highest BCUT2D eigenvalue weighted by atomic mass is 32.1. The van der Waals surface area contributed by atoms with Crippen molar-refractivity contribution in [1.82, 2.24) is 9.97 Å². The molecule has 0 bridgehead atoms. The van der Waals surface area contributed by atoms with Gasteiger partial charge in [0.25, 0.3) is 5.91 Å². The van der Waals surface area contributed by atoms with Gasteiger partial charge >= 0.3 is 0 Å². The van der Waals surface area contributed by atoms with Gasteiger partial charge in [0, 0.05) is 17.6 Å². The molecule has 1 aliphatic carbocycles. The smallest absolute Gasteiger partial charge is 0.264 e. The van der Waals surface area contributed by atoms with E-state index in [0.29, 0.717) is 5.88 Å². The molecule has 2 aromatic heterocycles. The maximum atomic E-state index is 12.4. The first-order valence-corrected chi connectivity index (χ1v) is 8.75. The first-order chi connectivity index (χ1) is 11.7. The fourth-order valence-corrected chi connectivity index (χ4v) is 4.25. The zero-order chi connectivity index (χ0) is 16.5. The SMILES string of the molecule is CN(C(=O)COc1ncnc2sc3c(c12)CCC3)c1ccccc1. The van der Waals surface area contributed by atoms with Crippen LogP contribution in [0.3, 0.4) is 0 Å². The summed E-state index contributed by atoms with van der Waals surface area (Å²) >= 11 is 1.71. The molecule has 2 heterocycles. The van der Waals surface area contributed by atoms with E-state index in [1.165, 1.54) is 23.2 Å². The number of fused-ring (bicyclic) bond motifs is 3. The average molecular weight is 339 g/mol. The molecular weight excluding hydrogens is 322 g/mol. The monoisotopic (exact) mass is 339 g/mol. The highest BCUT2D eigenvalue weighted by molar-refractivity contribution is 7.18. The second kappa shape index (κ2) is 6.20. The Hall–Kier alpha value is -2.47. The molecule has 0 fully saturated rings. The standard InChI is InChI=1S/C18H17N3O2S/c1-21(12-6-3-2-4-7-12)15(22)10-23-17-16-13-8-5-9-14(13)24-18(16)20-11-19-17/h2-4,6-7,11H,5,8-10H2,1H3. The second-order valence-corrected chi connectivity index (χ2v) is 6.88. The molecule has 1 aromatic carbocycles. The summed E-state index contributed by atoms with van der Waals surface area (Å²) in [4.78, 5) is 24.9. The minimum atomic E-state index is -0.111. The quantitative estimate of drug-likeness (QED) is 0.732. The van der Waals surface area contributed by atoms with E-state index in [1.54, 1.807) is 23.3 Å². The van der Waals surface area contributed by atoms with E-state index in [9.17, 15) is 4.79 Å². The van der Waals surface area contributed by atoms with Crippen molar-refractivity contribution in [3.8, 4) is 5.88 Å². The number of hydrogen-bond acceptors (Lipinski definition) is 5. The number of aryl methyl sites for hydroxylation is 2. The van der Waals surface area contributed by atoms with Gasteiger partial charge in [-0.3, -0.25) is 4.79 Å². The molecule has 0 unspecified atom stereocenters. The van der Waals surface area contributed by atoms with Gasteiger partial charge in [-0.25, -0.2) is 9.97 Å². The number of para-hydroxylation sites is 1. The van der Waals surface area contributed by atoms with Crippen LogP contribution in [0.4, 0.5) is 5.69 Å². The van der Waals surface area contributed by atoms with Crippen LogP contribution in [0, 0.1) is 0 Å². The Morgan fingerprint density at radius 2 is 2.08 bits per heavy atom. The minimum Gasteiger partial charge on any atom is -0.467 e.